The van der Waals surface area contributed by atoms with Crippen LogP contribution in [0.25, 0.3) is 0 Å². The first-order chi connectivity index (χ1) is 18.4. The number of carboxylic acid groups (broad SMARTS) is 1. The summed E-state index contributed by atoms with van der Waals surface area (Å²) in [6, 6.07) is 13.4. The van der Waals surface area contributed by atoms with Crippen molar-refractivity contribution in [2.75, 3.05) is 51.2 Å². The highest BCUT2D eigenvalue weighted by atomic mass is 32.2. The van der Waals surface area contributed by atoms with E-state index in [1.165, 1.54) is 19.2 Å². The number of aliphatic carboxylic acids is 1. The number of amides is 1. The molecule has 2 aromatic rings. The zero-order valence-electron chi connectivity index (χ0n) is 21.2. The molecule has 4 rings (SSSR count). The summed E-state index contributed by atoms with van der Waals surface area (Å²) >= 11 is 0. The summed E-state index contributed by atoms with van der Waals surface area (Å²) in [7, 11) is -2.25. The molecule has 0 unspecified atom stereocenters. The van der Waals surface area contributed by atoms with E-state index in [9.17, 15) is 26.4 Å². The van der Waals surface area contributed by atoms with E-state index >= 15 is 0 Å². The first-order valence-electron chi connectivity index (χ1n) is 12.0. The van der Waals surface area contributed by atoms with Crippen LogP contribution in [0.5, 0.6) is 5.75 Å². The van der Waals surface area contributed by atoms with Gasteiger partial charge in [0.2, 0.25) is 5.91 Å². The fourth-order valence-electron chi connectivity index (χ4n) is 3.93. The lowest BCUT2D eigenvalue weighted by Crippen LogP contribution is -2.43. The predicted octanol–water partition coefficient (Wildman–Crippen LogP) is 2.61. The second-order valence-electron chi connectivity index (χ2n) is 8.96. The van der Waals surface area contributed by atoms with E-state index in [2.05, 4.69) is 14.9 Å². The van der Waals surface area contributed by atoms with Crippen molar-refractivity contribution in [1.82, 2.24) is 10.2 Å². The molecule has 214 valence electrons. The number of ether oxygens (including phenoxy) is 2. The quantitative estimate of drug-likeness (QED) is 0.417. The Morgan fingerprint density at radius 1 is 1.10 bits per heavy atom. The van der Waals surface area contributed by atoms with Gasteiger partial charge >= 0.3 is 12.1 Å². The van der Waals surface area contributed by atoms with Gasteiger partial charge in [0.1, 0.15) is 5.75 Å². The van der Waals surface area contributed by atoms with E-state index in [-0.39, 0.29) is 10.8 Å². The molecule has 0 spiro atoms. The van der Waals surface area contributed by atoms with Gasteiger partial charge in [0.25, 0.3) is 10.0 Å². The lowest BCUT2D eigenvalue weighted by molar-refractivity contribution is -0.192. The minimum Gasteiger partial charge on any atom is -0.497 e. The highest BCUT2D eigenvalue weighted by Crippen LogP contribution is 2.48. The maximum absolute atomic E-state index is 12.9. The molecule has 1 heterocycles. The highest BCUT2D eigenvalue weighted by Gasteiger charge is 2.51. The smallest absolute Gasteiger partial charge is 0.490 e. The van der Waals surface area contributed by atoms with Gasteiger partial charge in [-0.1, -0.05) is 18.2 Å². The molecule has 1 amide bonds. The Kier molecular flexibility index (Phi) is 9.80. The van der Waals surface area contributed by atoms with E-state index < -0.39 is 27.6 Å². The lowest BCUT2D eigenvalue weighted by Gasteiger charge is -2.27. The minimum absolute atomic E-state index is 0.0375. The number of sulfonamides is 1. The molecule has 14 heteroatoms. The third-order valence-electron chi connectivity index (χ3n) is 6.29. The molecular weight excluding hydrogens is 543 g/mol. The van der Waals surface area contributed by atoms with Crippen LogP contribution in [0.2, 0.25) is 0 Å². The number of anilines is 1. The van der Waals surface area contributed by atoms with Gasteiger partial charge in [-0.25, -0.2) is 13.2 Å². The molecule has 2 fully saturated rings. The normalized spacial score (nSPS) is 16.8. The molecule has 0 radical (unpaired) electrons. The number of hydrogen-bond donors (Lipinski definition) is 3. The van der Waals surface area contributed by atoms with Gasteiger partial charge in [-0.15, -0.1) is 0 Å². The van der Waals surface area contributed by atoms with Gasteiger partial charge in [-0.3, -0.25) is 14.4 Å². The zero-order valence-corrected chi connectivity index (χ0v) is 22.0. The van der Waals surface area contributed by atoms with Crippen LogP contribution in [-0.2, 0) is 29.8 Å². The van der Waals surface area contributed by atoms with Crippen molar-refractivity contribution in [1.29, 1.82) is 0 Å². The van der Waals surface area contributed by atoms with Crippen LogP contribution in [0.15, 0.2) is 53.4 Å². The summed E-state index contributed by atoms with van der Waals surface area (Å²) in [6.07, 6.45) is -3.49. The molecule has 2 aromatic carbocycles. The number of nitrogens with zero attached hydrogens (tertiary/aromatic N) is 1. The number of morpholine rings is 1. The molecule has 10 nitrogen and oxygen atoms in total. The fourth-order valence-corrected chi connectivity index (χ4v) is 5.03. The first kappa shape index (κ1) is 30.2. The Morgan fingerprint density at radius 2 is 1.72 bits per heavy atom. The van der Waals surface area contributed by atoms with Gasteiger partial charge in [-0.2, -0.15) is 13.2 Å². The van der Waals surface area contributed by atoms with Crippen molar-refractivity contribution < 1.29 is 45.8 Å². The van der Waals surface area contributed by atoms with Crippen molar-refractivity contribution >= 4 is 27.6 Å². The molecule has 39 heavy (non-hydrogen) atoms. The van der Waals surface area contributed by atoms with E-state index in [4.69, 9.17) is 19.4 Å². The molecular formula is C25H30F3N3O7S. The third-order valence-corrected chi connectivity index (χ3v) is 7.66. The second kappa shape index (κ2) is 12.7. The lowest BCUT2D eigenvalue weighted by atomic mass is 9.95. The van der Waals surface area contributed by atoms with Gasteiger partial charge in [0.15, 0.2) is 0 Å². The van der Waals surface area contributed by atoms with Gasteiger partial charge in [-0.05, 0) is 42.7 Å². The topological polar surface area (TPSA) is 134 Å². The summed E-state index contributed by atoms with van der Waals surface area (Å²) in [5.41, 5.74) is 0.848. The summed E-state index contributed by atoms with van der Waals surface area (Å²) in [5.74, 6) is -2.25. The monoisotopic (exact) mass is 573 g/mol. The Labute approximate surface area is 224 Å². The van der Waals surface area contributed by atoms with Gasteiger partial charge in [0.05, 0.1) is 30.6 Å². The number of carbonyl (C=O) groups is 2. The summed E-state index contributed by atoms with van der Waals surface area (Å²) in [4.78, 5) is 24.2. The average molecular weight is 574 g/mol. The van der Waals surface area contributed by atoms with E-state index in [1.54, 1.807) is 24.3 Å². The number of alkyl halides is 3. The number of carboxylic acids is 1. The van der Waals surface area contributed by atoms with Gasteiger partial charge in [0, 0.05) is 37.9 Å². The third kappa shape index (κ3) is 8.31. The molecule has 3 N–H and O–H groups in total. The number of nitrogens with one attached hydrogen (secondary N) is 2. The maximum Gasteiger partial charge on any atom is 0.490 e. The molecule has 1 aliphatic carbocycles. The Morgan fingerprint density at radius 3 is 2.26 bits per heavy atom. The molecule has 1 aliphatic heterocycles. The number of carbonyl (C=O) groups excluding carboxylic acids is 1. The molecule has 0 bridgehead atoms. The minimum atomic E-state index is -5.08. The van der Waals surface area contributed by atoms with Crippen molar-refractivity contribution in [2.45, 2.75) is 29.3 Å². The fraction of sp³-hybridized carbons (Fsp3) is 0.440. The van der Waals surface area contributed by atoms with E-state index in [0.717, 1.165) is 51.3 Å². The Bertz CT molecular complexity index is 1240. The van der Waals surface area contributed by atoms with E-state index in [1.807, 2.05) is 12.1 Å². The van der Waals surface area contributed by atoms with Gasteiger partial charge < -0.3 is 19.9 Å². The standard InChI is InChI=1S/C23H29N3O5S.C2HF3O2/c1-30-20-3-2-4-21(17-20)32(28,29)25-19-7-5-18(6-8-19)23(9-10-23)22(27)24-11-12-26-13-15-31-16-14-26;3-2(4,5)1(6)7/h2-8,17,25H,9-16H2,1H3,(H,24,27);(H,6,7). The van der Waals surface area contributed by atoms with Crippen LogP contribution >= 0.6 is 0 Å². The Balaban J connectivity index is 0.000000532. The summed E-state index contributed by atoms with van der Waals surface area (Å²) in [5, 5.41) is 10.2. The van der Waals surface area contributed by atoms with Crippen LogP contribution in [0, 0.1) is 0 Å². The number of rotatable bonds is 9. The molecule has 0 aromatic heterocycles. The SMILES string of the molecule is COc1cccc(S(=O)(=O)Nc2ccc(C3(C(=O)NCCN4CCOCC4)CC3)cc2)c1.O=C(O)C(F)(F)F. The zero-order chi connectivity index (χ0) is 28.7. The van der Waals surface area contributed by atoms with Crippen molar-refractivity contribution in [3.8, 4) is 5.75 Å². The van der Waals surface area contributed by atoms with E-state index in [0.29, 0.717) is 18.0 Å². The number of benzene rings is 2. The highest BCUT2D eigenvalue weighted by molar-refractivity contribution is 7.92. The van der Waals surface area contributed by atoms with Crippen molar-refractivity contribution in [3.63, 3.8) is 0 Å². The maximum atomic E-state index is 12.9. The van der Waals surface area contributed by atoms with Crippen LogP contribution < -0.4 is 14.8 Å². The van der Waals surface area contributed by atoms with Crippen molar-refractivity contribution in [3.05, 3.63) is 54.1 Å². The molecule has 0 atom stereocenters. The number of methoxy groups -OCH3 is 1. The number of hydrogen-bond acceptors (Lipinski definition) is 7. The summed E-state index contributed by atoms with van der Waals surface area (Å²) in [6.45, 7) is 4.70. The second-order valence-corrected chi connectivity index (χ2v) is 10.6. The summed E-state index contributed by atoms with van der Waals surface area (Å²) < 4.78 is 70.1. The molecule has 2 aliphatic rings. The van der Waals surface area contributed by atoms with Crippen LogP contribution in [0.4, 0.5) is 18.9 Å². The molecule has 1 saturated heterocycles. The van der Waals surface area contributed by atoms with Crippen LogP contribution in [0.1, 0.15) is 18.4 Å². The first-order valence-corrected chi connectivity index (χ1v) is 13.5. The average Bonchev–Trinajstić information content (AvgIpc) is 3.72. The largest absolute Gasteiger partial charge is 0.497 e. The van der Waals surface area contributed by atoms with Crippen LogP contribution in [-0.4, -0.2) is 83.0 Å². The molecule has 1 saturated carbocycles. The predicted molar refractivity (Wildman–Crippen MR) is 135 cm³/mol. The van der Waals surface area contributed by atoms with Crippen molar-refractivity contribution in [2.24, 2.45) is 0 Å². The number of halogens is 3. The van der Waals surface area contributed by atoms with Crippen LogP contribution in [0.3, 0.4) is 0 Å². The Hall–Kier alpha value is -3.36.